The van der Waals surface area contributed by atoms with E-state index in [1.165, 1.54) is 6.42 Å². The number of pyridine rings is 1. The van der Waals surface area contributed by atoms with Crippen LogP contribution in [0.2, 0.25) is 0 Å². The van der Waals surface area contributed by atoms with Gasteiger partial charge in [-0.15, -0.1) is 0 Å². The second-order valence-corrected chi connectivity index (χ2v) is 7.43. The van der Waals surface area contributed by atoms with Crippen LogP contribution in [0, 0.1) is 0 Å². The fraction of sp³-hybridized carbons (Fsp3) is 0.609. The highest BCUT2D eigenvalue weighted by Crippen LogP contribution is 2.35. The molecule has 0 saturated carbocycles. The van der Waals surface area contributed by atoms with Gasteiger partial charge in [0.25, 0.3) is 5.56 Å². The number of unbranched alkanes of at least 4 members (excludes halogenated alkanes) is 4. The predicted molar refractivity (Wildman–Crippen MR) is 115 cm³/mol. The average molecular weight is 390 g/mol. The minimum atomic E-state index is -0.127. The summed E-state index contributed by atoms with van der Waals surface area (Å²) in [6, 6.07) is 5.78. The maximum Gasteiger partial charge on any atom is 0.297 e. The number of hydrogen-bond donors (Lipinski definition) is 0. The van der Waals surface area contributed by atoms with E-state index in [1.807, 2.05) is 36.6 Å². The number of nitrogens with zero attached hydrogens (tertiary/aromatic N) is 1. The third kappa shape index (κ3) is 5.43. The van der Waals surface area contributed by atoms with Crippen LogP contribution in [-0.4, -0.2) is 24.4 Å². The van der Waals surface area contributed by atoms with Gasteiger partial charge in [-0.2, -0.15) is 0 Å². The molecular formula is C23H35NO4. The van der Waals surface area contributed by atoms with Crippen LogP contribution in [-0.2, 0) is 6.54 Å². The van der Waals surface area contributed by atoms with Crippen molar-refractivity contribution in [3.8, 4) is 17.2 Å². The highest BCUT2D eigenvalue weighted by atomic mass is 16.5. The molecule has 1 heterocycles. The van der Waals surface area contributed by atoms with Crippen LogP contribution < -0.4 is 19.8 Å². The second kappa shape index (κ2) is 11.0. The Balaban J connectivity index is 2.61. The average Bonchev–Trinajstić information content (AvgIpc) is 2.68. The quantitative estimate of drug-likeness (QED) is 0.446. The smallest absolute Gasteiger partial charge is 0.297 e. The van der Waals surface area contributed by atoms with Crippen molar-refractivity contribution in [3.63, 3.8) is 0 Å². The number of aromatic nitrogens is 1. The SMILES string of the molecule is CCCCCCn1c(=O)c(OC(C)C)c(OCCCC)c2ccc(OC)cc21. The Labute approximate surface area is 168 Å². The summed E-state index contributed by atoms with van der Waals surface area (Å²) >= 11 is 0. The zero-order valence-electron chi connectivity index (χ0n) is 18.0. The number of methoxy groups -OCH3 is 1. The van der Waals surface area contributed by atoms with Gasteiger partial charge in [0.15, 0.2) is 5.75 Å². The number of aryl methyl sites for hydroxylation is 1. The molecule has 156 valence electrons. The lowest BCUT2D eigenvalue weighted by molar-refractivity contribution is 0.216. The lowest BCUT2D eigenvalue weighted by atomic mass is 10.1. The number of benzene rings is 1. The van der Waals surface area contributed by atoms with Gasteiger partial charge in [0, 0.05) is 18.0 Å². The third-order valence-corrected chi connectivity index (χ3v) is 4.72. The van der Waals surface area contributed by atoms with E-state index in [1.54, 1.807) is 7.11 Å². The van der Waals surface area contributed by atoms with E-state index in [2.05, 4.69) is 13.8 Å². The monoisotopic (exact) mass is 389 g/mol. The molecule has 1 aromatic carbocycles. The van der Waals surface area contributed by atoms with E-state index in [9.17, 15) is 4.79 Å². The Morgan fingerprint density at radius 2 is 1.75 bits per heavy atom. The summed E-state index contributed by atoms with van der Waals surface area (Å²) in [5, 5.41) is 0.891. The van der Waals surface area contributed by atoms with E-state index >= 15 is 0 Å². The molecule has 0 saturated heterocycles. The van der Waals surface area contributed by atoms with Gasteiger partial charge in [-0.25, -0.2) is 0 Å². The van der Waals surface area contributed by atoms with Crippen LogP contribution in [0.5, 0.6) is 17.2 Å². The van der Waals surface area contributed by atoms with Crippen molar-refractivity contribution in [3.05, 3.63) is 28.6 Å². The molecule has 5 nitrogen and oxygen atoms in total. The minimum absolute atomic E-state index is 0.106. The molecule has 5 heteroatoms. The van der Waals surface area contributed by atoms with Gasteiger partial charge in [-0.05, 0) is 38.8 Å². The largest absolute Gasteiger partial charge is 0.497 e. The minimum Gasteiger partial charge on any atom is -0.497 e. The number of ether oxygens (including phenoxy) is 3. The number of hydrogen-bond acceptors (Lipinski definition) is 4. The fourth-order valence-electron chi connectivity index (χ4n) is 3.23. The molecule has 0 unspecified atom stereocenters. The van der Waals surface area contributed by atoms with Crippen molar-refractivity contribution in [2.75, 3.05) is 13.7 Å². The van der Waals surface area contributed by atoms with E-state index in [-0.39, 0.29) is 11.7 Å². The first-order chi connectivity index (χ1) is 13.5. The molecule has 0 amide bonds. The topological polar surface area (TPSA) is 49.7 Å². The highest BCUT2D eigenvalue weighted by molar-refractivity contribution is 5.89. The molecule has 0 aliphatic carbocycles. The highest BCUT2D eigenvalue weighted by Gasteiger charge is 2.21. The lowest BCUT2D eigenvalue weighted by Crippen LogP contribution is -2.25. The first-order valence-corrected chi connectivity index (χ1v) is 10.6. The van der Waals surface area contributed by atoms with Crippen LogP contribution in [0.1, 0.15) is 66.2 Å². The molecule has 0 aliphatic rings. The van der Waals surface area contributed by atoms with Gasteiger partial charge in [0.1, 0.15) is 5.75 Å². The van der Waals surface area contributed by atoms with Crippen molar-refractivity contribution in [1.82, 2.24) is 4.57 Å². The Morgan fingerprint density at radius 1 is 1.00 bits per heavy atom. The molecule has 2 aromatic rings. The Kier molecular flexibility index (Phi) is 8.68. The van der Waals surface area contributed by atoms with Gasteiger partial charge >= 0.3 is 0 Å². The maximum atomic E-state index is 13.4. The van der Waals surface area contributed by atoms with Crippen molar-refractivity contribution in [2.24, 2.45) is 0 Å². The Bertz CT molecular complexity index is 810. The molecule has 0 bridgehead atoms. The summed E-state index contributed by atoms with van der Waals surface area (Å²) in [7, 11) is 1.64. The molecule has 0 N–H and O–H groups in total. The zero-order valence-corrected chi connectivity index (χ0v) is 18.0. The van der Waals surface area contributed by atoms with Crippen LogP contribution in [0.4, 0.5) is 0 Å². The molecule has 0 aliphatic heterocycles. The lowest BCUT2D eigenvalue weighted by Gasteiger charge is -2.20. The van der Waals surface area contributed by atoms with Gasteiger partial charge in [-0.1, -0.05) is 39.5 Å². The molecular weight excluding hydrogens is 354 g/mol. The van der Waals surface area contributed by atoms with Crippen LogP contribution in [0.25, 0.3) is 10.9 Å². The maximum absolute atomic E-state index is 13.4. The van der Waals surface area contributed by atoms with E-state index in [0.29, 0.717) is 24.7 Å². The zero-order chi connectivity index (χ0) is 20.5. The summed E-state index contributed by atoms with van der Waals surface area (Å²) in [5.74, 6) is 1.60. The normalized spacial score (nSPS) is 11.2. The second-order valence-electron chi connectivity index (χ2n) is 7.43. The molecule has 0 radical (unpaired) electrons. The van der Waals surface area contributed by atoms with Crippen molar-refractivity contribution in [2.45, 2.75) is 78.9 Å². The van der Waals surface area contributed by atoms with E-state index < -0.39 is 0 Å². The van der Waals surface area contributed by atoms with Crippen molar-refractivity contribution < 1.29 is 14.2 Å². The molecule has 28 heavy (non-hydrogen) atoms. The van der Waals surface area contributed by atoms with Gasteiger partial charge < -0.3 is 18.8 Å². The first-order valence-electron chi connectivity index (χ1n) is 10.6. The molecule has 0 fully saturated rings. The molecule has 0 spiro atoms. The third-order valence-electron chi connectivity index (χ3n) is 4.72. The molecule has 2 rings (SSSR count). The summed E-state index contributed by atoms with van der Waals surface area (Å²) in [6.07, 6.45) is 6.24. The Morgan fingerprint density at radius 3 is 2.39 bits per heavy atom. The van der Waals surface area contributed by atoms with Gasteiger partial charge in [0.05, 0.1) is 25.3 Å². The first kappa shape index (κ1) is 22.1. The van der Waals surface area contributed by atoms with Crippen LogP contribution in [0.15, 0.2) is 23.0 Å². The summed E-state index contributed by atoms with van der Waals surface area (Å²) in [6.45, 7) is 9.38. The standard InChI is InChI=1S/C23H35NO4/c1-6-8-10-11-14-24-20-16-18(26-5)12-13-19(20)21(27-15-9-7-2)22(23(24)25)28-17(3)4/h12-13,16-17H,6-11,14-15H2,1-5H3. The number of fused-ring (bicyclic) bond motifs is 1. The van der Waals surface area contributed by atoms with Crippen LogP contribution in [0.3, 0.4) is 0 Å². The predicted octanol–water partition coefficient (Wildman–Crippen LogP) is 5.56. The Hall–Kier alpha value is -2.17. The molecule has 0 atom stereocenters. The fourth-order valence-corrected chi connectivity index (χ4v) is 3.23. The van der Waals surface area contributed by atoms with Crippen molar-refractivity contribution in [1.29, 1.82) is 0 Å². The van der Waals surface area contributed by atoms with E-state index in [0.717, 1.165) is 48.8 Å². The van der Waals surface area contributed by atoms with Crippen LogP contribution >= 0.6 is 0 Å². The van der Waals surface area contributed by atoms with Gasteiger partial charge in [-0.3, -0.25) is 4.79 Å². The summed E-state index contributed by atoms with van der Waals surface area (Å²) < 4.78 is 19.2. The van der Waals surface area contributed by atoms with Gasteiger partial charge in [0.2, 0.25) is 5.75 Å². The van der Waals surface area contributed by atoms with Crippen molar-refractivity contribution >= 4 is 10.9 Å². The summed E-state index contributed by atoms with van der Waals surface area (Å²) in [4.78, 5) is 13.4. The molecule has 1 aromatic heterocycles. The van der Waals surface area contributed by atoms with E-state index in [4.69, 9.17) is 14.2 Å². The number of rotatable bonds is 12. The summed E-state index contributed by atoms with van der Waals surface area (Å²) in [5.41, 5.74) is 0.709.